The summed E-state index contributed by atoms with van der Waals surface area (Å²) in [5.74, 6) is 0.0492. The number of fused-ring (bicyclic) bond motifs is 1. The number of benzene rings is 1. The van der Waals surface area contributed by atoms with Gasteiger partial charge in [0, 0.05) is 51.1 Å². The summed E-state index contributed by atoms with van der Waals surface area (Å²) in [7, 11) is 1.80. The van der Waals surface area contributed by atoms with Crippen molar-refractivity contribution in [3.63, 3.8) is 0 Å². The summed E-state index contributed by atoms with van der Waals surface area (Å²) in [6.45, 7) is 2.46. The summed E-state index contributed by atoms with van der Waals surface area (Å²) >= 11 is 0. The molecule has 0 saturated heterocycles. The van der Waals surface area contributed by atoms with Gasteiger partial charge in [-0.25, -0.2) is 4.98 Å². The quantitative estimate of drug-likeness (QED) is 0.640. The Morgan fingerprint density at radius 3 is 2.81 bits per heavy atom. The number of amides is 1. The maximum atomic E-state index is 12.5. The van der Waals surface area contributed by atoms with Gasteiger partial charge in [0.05, 0.1) is 22.9 Å². The highest BCUT2D eigenvalue weighted by Gasteiger charge is 2.16. The lowest BCUT2D eigenvalue weighted by atomic mass is 10.1. The maximum absolute atomic E-state index is 12.5. The second-order valence-corrected chi connectivity index (χ2v) is 6.62. The topological polar surface area (TPSA) is 81.0 Å². The molecule has 2 aromatic heterocycles. The third kappa shape index (κ3) is 4.55. The number of hydrogen-bond donors (Lipinski definition) is 0. The van der Waals surface area contributed by atoms with Gasteiger partial charge < -0.3 is 4.90 Å². The van der Waals surface area contributed by atoms with E-state index in [0.717, 1.165) is 5.69 Å². The predicted octanol–water partition coefficient (Wildman–Crippen LogP) is 2.06. The van der Waals surface area contributed by atoms with E-state index in [2.05, 4.69) is 15.0 Å². The summed E-state index contributed by atoms with van der Waals surface area (Å²) in [6, 6.07) is 7.30. The van der Waals surface area contributed by atoms with Crippen molar-refractivity contribution in [1.82, 2.24) is 24.4 Å². The number of carbonyl (C=O) groups excluding carboxylic acids is 1. The minimum Gasteiger partial charge on any atom is -0.343 e. The number of para-hydroxylation sites is 1. The molecule has 0 radical (unpaired) electrons. The molecule has 1 unspecified atom stereocenters. The maximum Gasteiger partial charge on any atom is 0.261 e. The van der Waals surface area contributed by atoms with Crippen LogP contribution in [-0.2, 0) is 17.8 Å². The van der Waals surface area contributed by atoms with Crippen LogP contribution in [0.3, 0.4) is 0 Å². The van der Waals surface area contributed by atoms with Crippen LogP contribution in [0.2, 0.25) is 0 Å². The highest BCUT2D eigenvalue weighted by Crippen LogP contribution is 2.08. The Morgan fingerprint density at radius 2 is 2.04 bits per heavy atom. The molecule has 0 N–H and O–H groups in total. The fourth-order valence-electron chi connectivity index (χ4n) is 2.96. The summed E-state index contributed by atoms with van der Waals surface area (Å²) in [6.07, 6.45) is 8.17. The largest absolute Gasteiger partial charge is 0.343 e. The van der Waals surface area contributed by atoms with E-state index in [-0.39, 0.29) is 17.5 Å². The third-order valence-electron chi connectivity index (χ3n) is 4.70. The Hall–Kier alpha value is -3.09. The average Bonchev–Trinajstić information content (AvgIpc) is 2.70. The molecule has 1 amide bonds. The summed E-state index contributed by atoms with van der Waals surface area (Å²) in [5, 5.41) is 0.598. The molecular formula is C20H23N5O2. The third-order valence-corrected chi connectivity index (χ3v) is 4.70. The molecule has 1 aromatic carbocycles. The molecule has 27 heavy (non-hydrogen) atoms. The first-order valence-corrected chi connectivity index (χ1v) is 9.01. The zero-order chi connectivity index (χ0) is 19.2. The van der Waals surface area contributed by atoms with E-state index < -0.39 is 0 Å². The van der Waals surface area contributed by atoms with Crippen LogP contribution in [0.4, 0.5) is 0 Å². The summed E-state index contributed by atoms with van der Waals surface area (Å²) in [4.78, 5) is 39.3. The van der Waals surface area contributed by atoms with Gasteiger partial charge in [-0.1, -0.05) is 12.1 Å². The van der Waals surface area contributed by atoms with E-state index in [4.69, 9.17) is 0 Å². The smallest absolute Gasteiger partial charge is 0.261 e. The first-order chi connectivity index (χ1) is 13.1. The van der Waals surface area contributed by atoms with Crippen LogP contribution in [0.1, 0.15) is 25.5 Å². The zero-order valence-corrected chi connectivity index (χ0v) is 15.6. The molecule has 0 aliphatic carbocycles. The van der Waals surface area contributed by atoms with Crippen molar-refractivity contribution >= 4 is 16.8 Å². The molecule has 3 rings (SSSR count). The number of carbonyl (C=O) groups is 1. The van der Waals surface area contributed by atoms with Crippen LogP contribution in [0.25, 0.3) is 10.9 Å². The molecule has 0 spiro atoms. The molecule has 0 aliphatic heterocycles. The minimum atomic E-state index is -0.0718. The summed E-state index contributed by atoms with van der Waals surface area (Å²) < 4.78 is 1.57. The van der Waals surface area contributed by atoms with Crippen molar-refractivity contribution in [2.75, 3.05) is 7.05 Å². The highest BCUT2D eigenvalue weighted by molar-refractivity contribution is 5.77. The van der Waals surface area contributed by atoms with Crippen LogP contribution in [0, 0.1) is 0 Å². The first kappa shape index (κ1) is 18.7. The van der Waals surface area contributed by atoms with Crippen molar-refractivity contribution in [3.8, 4) is 0 Å². The predicted molar refractivity (Wildman–Crippen MR) is 103 cm³/mol. The fourth-order valence-corrected chi connectivity index (χ4v) is 2.96. The number of aromatic nitrogens is 4. The van der Waals surface area contributed by atoms with Gasteiger partial charge >= 0.3 is 0 Å². The number of rotatable bonds is 7. The second-order valence-electron chi connectivity index (χ2n) is 6.62. The number of hydrogen-bond acceptors (Lipinski definition) is 5. The van der Waals surface area contributed by atoms with Crippen LogP contribution in [0.5, 0.6) is 0 Å². The van der Waals surface area contributed by atoms with Crippen molar-refractivity contribution in [3.05, 3.63) is 65.2 Å². The Kier molecular flexibility index (Phi) is 5.90. The van der Waals surface area contributed by atoms with Crippen LogP contribution in [0.15, 0.2) is 54.0 Å². The standard InChI is InChI=1S/C20H23N5O2/c1-15(12-16-13-21-9-10-22-16)24(2)19(26)8-5-11-25-14-23-18-7-4-3-6-17(18)20(25)27/h3-4,6-7,9-10,13-15H,5,8,11-12H2,1-2H3. The number of aryl methyl sites for hydroxylation is 1. The van der Waals surface area contributed by atoms with E-state index in [1.54, 1.807) is 47.5 Å². The van der Waals surface area contributed by atoms with E-state index >= 15 is 0 Å². The van der Waals surface area contributed by atoms with Gasteiger partial charge in [-0.3, -0.25) is 24.1 Å². The average molecular weight is 365 g/mol. The molecule has 1 atom stereocenters. The van der Waals surface area contributed by atoms with Gasteiger partial charge in [0.15, 0.2) is 0 Å². The molecule has 3 aromatic rings. The summed E-state index contributed by atoms with van der Waals surface area (Å²) in [5.41, 5.74) is 1.48. The lowest BCUT2D eigenvalue weighted by molar-refractivity contribution is -0.131. The highest BCUT2D eigenvalue weighted by atomic mass is 16.2. The Balaban J connectivity index is 1.54. The van der Waals surface area contributed by atoms with Gasteiger partial charge in [-0.15, -0.1) is 0 Å². The van der Waals surface area contributed by atoms with E-state index in [1.807, 2.05) is 25.1 Å². The molecule has 0 aliphatic rings. The van der Waals surface area contributed by atoms with Gasteiger partial charge in [-0.05, 0) is 25.5 Å². The molecule has 7 heteroatoms. The second kappa shape index (κ2) is 8.53. The molecule has 0 saturated carbocycles. The molecule has 2 heterocycles. The molecule has 0 fully saturated rings. The van der Waals surface area contributed by atoms with E-state index in [1.165, 1.54) is 0 Å². The lowest BCUT2D eigenvalue weighted by Crippen LogP contribution is -2.36. The van der Waals surface area contributed by atoms with E-state index in [9.17, 15) is 9.59 Å². The van der Waals surface area contributed by atoms with Crippen molar-refractivity contribution in [2.45, 2.75) is 38.8 Å². The van der Waals surface area contributed by atoms with Crippen LogP contribution < -0.4 is 5.56 Å². The fraction of sp³-hybridized carbons (Fsp3) is 0.350. The van der Waals surface area contributed by atoms with Crippen LogP contribution >= 0.6 is 0 Å². The molecule has 0 bridgehead atoms. The minimum absolute atomic E-state index is 0.0271. The zero-order valence-electron chi connectivity index (χ0n) is 15.6. The van der Waals surface area contributed by atoms with Crippen molar-refractivity contribution in [2.24, 2.45) is 0 Å². The van der Waals surface area contributed by atoms with Gasteiger partial charge in [-0.2, -0.15) is 0 Å². The van der Waals surface area contributed by atoms with Gasteiger partial charge in [0.2, 0.25) is 5.91 Å². The van der Waals surface area contributed by atoms with Gasteiger partial charge in [0.1, 0.15) is 0 Å². The lowest BCUT2D eigenvalue weighted by Gasteiger charge is -2.24. The van der Waals surface area contributed by atoms with E-state index in [0.29, 0.717) is 36.7 Å². The monoisotopic (exact) mass is 365 g/mol. The Bertz CT molecular complexity index is 971. The number of likely N-dealkylation sites (N-methyl/N-ethyl adjacent to an activating group) is 1. The normalized spacial score (nSPS) is 12.1. The van der Waals surface area contributed by atoms with Crippen molar-refractivity contribution < 1.29 is 4.79 Å². The Morgan fingerprint density at radius 1 is 1.22 bits per heavy atom. The SMILES string of the molecule is CC(Cc1cnccn1)N(C)C(=O)CCCn1cnc2ccccc2c1=O. The van der Waals surface area contributed by atoms with Crippen LogP contribution in [-0.4, -0.2) is 43.4 Å². The van der Waals surface area contributed by atoms with Crippen molar-refractivity contribution in [1.29, 1.82) is 0 Å². The van der Waals surface area contributed by atoms with Gasteiger partial charge in [0.25, 0.3) is 5.56 Å². The molecule has 7 nitrogen and oxygen atoms in total. The first-order valence-electron chi connectivity index (χ1n) is 9.01. The molecule has 140 valence electrons. The molecular weight excluding hydrogens is 342 g/mol. The number of nitrogens with zero attached hydrogens (tertiary/aromatic N) is 5. The Labute approximate surface area is 157 Å².